The molecule has 1 amide bonds. The van der Waals surface area contributed by atoms with Crippen LogP contribution >= 0.6 is 23.2 Å². The third kappa shape index (κ3) is 4.54. The van der Waals surface area contributed by atoms with Crippen LogP contribution in [0, 0.1) is 0 Å². The molecule has 3 aromatic carbocycles. The standard InChI is InChI=1S/C20H16Cl2N2O2/c1-13(26-18-9-7-14-4-2-3-5-15(14)10-18)20(25)24-23-12-16-6-8-17(21)11-19(16)22/h2-13H,1H3,(H,24,25)/b23-12+. The van der Waals surface area contributed by atoms with E-state index in [0.717, 1.165) is 10.8 Å². The van der Waals surface area contributed by atoms with Gasteiger partial charge in [-0.2, -0.15) is 5.10 Å². The summed E-state index contributed by atoms with van der Waals surface area (Å²) in [6, 6.07) is 18.7. The first-order valence-electron chi connectivity index (χ1n) is 7.96. The van der Waals surface area contributed by atoms with Crippen LogP contribution < -0.4 is 10.2 Å². The van der Waals surface area contributed by atoms with E-state index >= 15 is 0 Å². The van der Waals surface area contributed by atoms with E-state index in [2.05, 4.69) is 10.5 Å². The first kappa shape index (κ1) is 18.2. The number of halogens is 2. The molecule has 0 bridgehead atoms. The molecule has 1 unspecified atom stereocenters. The number of carbonyl (C=O) groups excluding carboxylic acids is 1. The summed E-state index contributed by atoms with van der Waals surface area (Å²) in [5, 5.41) is 7.06. The number of hydrogen-bond donors (Lipinski definition) is 1. The van der Waals surface area contributed by atoms with Gasteiger partial charge in [0.25, 0.3) is 5.91 Å². The molecule has 0 saturated heterocycles. The molecule has 132 valence electrons. The van der Waals surface area contributed by atoms with Crippen LogP contribution in [0.3, 0.4) is 0 Å². The molecular formula is C20H16Cl2N2O2. The molecule has 0 aliphatic rings. The van der Waals surface area contributed by atoms with Crippen molar-refractivity contribution in [2.24, 2.45) is 5.10 Å². The quantitative estimate of drug-likeness (QED) is 0.491. The Balaban J connectivity index is 1.60. The fourth-order valence-electron chi connectivity index (χ4n) is 2.36. The Morgan fingerprint density at radius 3 is 2.62 bits per heavy atom. The predicted molar refractivity (Wildman–Crippen MR) is 106 cm³/mol. The lowest BCUT2D eigenvalue weighted by Crippen LogP contribution is -2.33. The van der Waals surface area contributed by atoms with Gasteiger partial charge in [-0.25, -0.2) is 5.43 Å². The zero-order chi connectivity index (χ0) is 18.5. The van der Waals surface area contributed by atoms with E-state index in [1.165, 1.54) is 6.21 Å². The Kier molecular flexibility index (Phi) is 5.76. The molecule has 0 saturated carbocycles. The summed E-state index contributed by atoms with van der Waals surface area (Å²) < 4.78 is 5.70. The highest BCUT2D eigenvalue weighted by molar-refractivity contribution is 6.36. The lowest BCUT2D eigenvalue weighted by atomic mass is 10.1. The Hall–Kier alpha value is -2.56. The van der Waals surface area contributed by atoms with Gasteiger partial charge < -0.3 is 4.74 Å². The zero-order valence-corrected chi connectivity index (χ0v) is 15.5. The monoisotopic (exact) mass is 386 g/mol. The van der Waals surface area contributed by atoms with E-state index in [1.54, 1.807) is 25.1 Å². The maximum Gasteiger partial charge on any atom is 0.280 e. The summed E-state index contributed by atoms with van der Waals surface area (Å²) in [7, 11) is 0. The Morgan fingerprint density at radius 2 is 1.85 bits per heavy atom. The topological polar surface area (TPSA) is 50.7 Å². The number of ether oxygens (including phenoxy) is 1. The van der Waals surface area contributed by atoms with Crippen molar-refractivity contribution in [3.63, 3.8) is 0 Å². The second kappa shape index (κ2) is 8.21. The molecule has 0 aliphatic heterocycles. The highest BCUT2D eigenvalue weighted by atomic mass is 35.5. The number of carbonyl (C=O) groups is 1. The van der Waals surface area contributed by atoms with E-state index in [1.807, 2.05) is 42.5 Å². The average molecular weight is 387 g/mol. The van der Waals surface area contributed by atoms with Crippen LogP contribution in [0.2, 0.25) is 10.0 Å². The smallest absolute Gasteiger partial charge is 0.280 e. The number of hydrogen-bond acceptors (Lipinski definition) is 3. The molecule has 0 aliphatic carbocycles. The van der Waals surface area contributed by atoms with Crippen LogP contribution in [0.15, 0.2) is 65.8 Å². The second-order valence-corrected chi connectivity index (χ2v) is 6.51. The number of benzene rings is 3. The van der Waals surface area contributed by atoms with Crippen molar-refractivity contribution in [3.05, 3.63) is 76.3 Å². The van der Waals surface area contributed by atoms with Gasteiger partial charge in [0.15, 0.2) is 6.10 Å². The third-order valence-corrected chi connectivity index (χ3v) is 4.31. The number of nitrogens with zero attached hydrogens (tertiary/aromatic N) is 1. The van der Waals surface area contributed by atoms with Gasteiger partial charge in [0, 0.05) is 10.6 Å². The maximum absolute atomic E-state index is 12.1. The molecule has 0 spiro atoms. The first-order valence-corrected chi connectivity index (χ1v) is 8.72. The SMILES string of the molecule is CC(Oc1ccc2ccccc2c1)C(=O)N/N=C/c1ccc(Cl)cc1Cl. The molecule has 0 heterocycles. The van der Waals surface area contributed by atoms with E-state index in [9.17, 15) is 4.79 Å². The molecule has 1 N–H and O–H groups in total. The Labute approximate surface area is 161 Å². The van der Waals surface area contributed by atoms with E-state index in [-0.39, 0.29) is 5.91 Å². The Bertz CT molecular complexity index is 973. The normalized spacial score (nSPS) is 12.3. The molecule has 0 radical (unpaired) electrons. The number of nitrogens with one attached hydrogen (secondary N) is 1. The highest BCUT2D eigenvalue weighted by Crippen LogP contribution is 2.21. The lowest BCUT2D eigenvalue weighted by Gasteiger charge is -2.13. The number of rotatable bonds is 5. The number of hydrazone groups is 1. The van der Waals surface area contributed by atoms with Crippen molar-refractivity contribution in [2.45, 2.75) is 13.0 Å². The van der Waals surface area contributed by atoms with Crippen molar-refractivity contribution in [3.8, 4) is 5.75 Å². The molecule has 4 nitrogen and oxygen atoms in total. The summed E-state index contributed by atoms with van der Waals surface area (Å²) >= 11 is 11.9. The summed E-state index contributed by atoms with van der Waals surface area (Å²) in [6.45, 7) is 1.66. The zero-order valence-electron chi connectivity index (χ0n) is 13.9. The molecular weight excluding hydrogens is 371 g/mol. The fourth-order valence-corrected chi connectivity index (χ4v) is 2.82. The van der Waals surface area contributed by atoms with Crippen molar-refractivity contribution in [1.29, 1.82) is 0 Å². The van der Waals surface area contributed by atoms with Crippen LogP contribution in [0.1, 0.15) is 12.5 Å². The minimum Gasteiger partial charge on any atom is -0.481 e. The van der Waals surface area contributed by atoms with Gasteiger partial charge in [-0.05, 0) is 42.0 Å². The fraction of sp³-hybridized carbons (Fsp3) is 0.100. The predicted octanol–water partition coefficient (Wildman–Crippen LogP) is 5.06. The molecule has 6 heteroatoms. The van der Waals surface area contributed by atoms with E-state index in [0.29, 0.717) is 21.4 Å². The van der Waals surface area contributed by atoms with Crippen molar-refractivity contribution in [2.75, 3.05) is 0 Å². The molecule has 1 atom stereocenters. The van der Waals surface area contributed by atoms with Gasteiger partial charge >= 0.3 is 0 Å². The summed E-state index contributed by atoms with van der Waals surface area (Å²) in [5.74, 6) is 0.260. The van der Waals surface area contributed by atoms with Gasteiger partial charge in [0.2, 0.25) is 0 Å². The van der Waals surface area contributed by atoms with E-state index < -0.39 is 6.10 Å². The third-order valence-electron chi connectivity index (χ3n) is 3.74. The van der Waals surface area contributed by atoms with Crippen molar-refractivity contribution < 1.29 is 9.53 Å². The van der Waals surface area contributed by atoms with Crippen molar-refractivity contribution in [1.82, 2.24) is 5.43 Å². The lowest BCUT2D eigenvalue weighted by molar-refractivity contribution is -0.127. The van der Waals surface area contributed by atoms with Gasteiger partial charge in [0.05, 0.1) is 11.2 Å². The number of amides is 1. The van der Waals surface area contributed by atoms with Crippen LogP contribution in [0.25, 0.3) is 10.8 Å². The van der Waals surface area contributed by atoms with Crippen LogP contribution in [-0.4, -0.2) is 18.2 Å². The highest BCUT2D eigenvalue weighted by Gasteiger charge is 2.14. The largest absolute Gasteiger partial charge is 0.481 e. The second-order valence-electron chi connectivity index (χ2n) is 5.67. The number of fused-ring (bicyclic) bond motifs is 1. The molecule has 0 aromatic heterocycles. The van der Waals surface area contributed by atoms with Gasteiger partial charge in [-0.15, -0.1) is 0 Å². The average Bonchev–Trinajstić information content (AvgIpc) is 2.63. The molecule has 0 fully saturated rings. The minimum atomic E-state index is -0.700. The summed E-state index contributed by atoms with van der Waals surface area (Å²) in [6.07, 6.45) is 0.758. The van der Waals surface area contributed by atoms with E-state index in [4.69, 9.17) is 27.9 Å². The first-order chi connectivity index (χ1) is 12.5. The summed E-state index contributed by atoms with van der Waals surface area (Å²) in [5.41, 5.74) is 3.10. The minimum absolute atomic E-state index is 0.362. The summed E-state index contributed by atoms with van der Waals surface area (Å²) in [4.78, 5) is 12.1. The molecule has 3 aromatic rings. The Morgan fingerprint density at radius 1 is 1.08 bits per heavy atom. The van der Waals surface area contributed by atoms with Gasteiger partial charge in [-0.3, -0.25) is 4.79 Å². The van der Waals surface area contributed by atoms with Crippen LogP contribution in [-0.2, 0) is 4.79 Å². The molecule has 26 heavy (non-hydrogen) atoms. The van der Waals surface area contributed by atoms with Gasteiger partial charge in [-0.1, -0.05) is 59.6 Å². The van der Waals surface area contributed by atoms with Crippen LogP contribution in [0.4, 0.5) is 0 Å². The molecule has 3 rings (SSSR count). The maximum atomic E-state index is 12.1. The van der Waals surface area contributed by atoms with Crippen molar-refractivity contribution >= 4 is 46.1 Å². The van der Waals surface area contributed by atoms with Gasteiger partial charge in [0.1, 0.15) is 5.75 Å². The van der Waals surface area contributed by atoms with Crippen LogP contribution in [0.5, 0.6) is 5.75 Å².